The Morgan fingerprint density at radius 1 is 1.23 bits per heavy atom. The molecule has 0 heterocycles. The van der Waals surface area contributed by atoms with Crippen LogP contribution < -0.4 is 5.73 Å². The van der Waals surface area contributed by atoms with Gasteiger partial charge in [0.25, 0.3) is 0 Å². The van der Waals surface area contributed by atoms with Crippen molar-refractivity contribution in [2.75, 3.05) is 0 Å². The Labute approximate surface area is 136 Å². The summed E-state index contributed by atoms with van der Waals surface area (Å²) in [5.41, 5.74) is 10.2. The SMILES string of the molecule is C=C(N)/C=C(\C=C/C)C1=CC2CCCCC/C=C\2C=C1.CC. The Morgan fingerprint density at radius 3 is 2.68 bits per heavy atom. The summed E-state index contributed by atoms with van der Waals surface area (Å²) >= 11 is 0. The van der Waals surface area contributed by atoms with Gasteiger partial charge in [-0.25, -0.2) is 0 Å². The largest absolute Gasteiger partial charge is 0.399 e. The first-order chi connectivity index (χ1) is 10.7. The Kier molecular flexibility index (Phi) is 8.35. The van der Waals surface area contributed by atoms with Crippen LogP contribution >= 0.6 is 0 Å². The summed E-state index contributed by atoms with van der Waals surface area (Å²) in [4.78, 5) is 0. The zero-order valence-electron chi connectivity index (χ0n) is 14.4. The average Bonchev–Trinajstić information content (AvgIpc) is 2.49. The van der Waals surface area contributed by atoms with Gasteiger partial charge in [-0.3, -0.25) is 0 Å². The summed E-state index contributed by atoms with van der Waals surface area (Å²) in [5, 5.41) is 0. The highest BCUT2D eigenvalue weighted by Crippen LogP contribution is 2.32. The Hall–Kier alpha value is -1.76. The molecule has 1 heteroatoms. The monoisotopic (exact) mass is 297 g/mol. The van der Waals surface area contributed by atoms with Crippen LogP contribution in [0.3, 0.4) is 0 Å². The maximum Gasteiger partial charge on any atom is 0.0247 e. The maximum atomic E-state index is 5.74. The van der Waals surface area contributed by atoms with Crippen LogP contribution in [-0.2, 0) is 0 Å². The van der Waals surface area contributed by atoms with Crippen molar-refractivity contribution in [2.45, 2.75) is 52.9 Å². The second-order valence-electron chi connectivity index (χ2n) is 5.58. The molecule has 1 atom stereocenters. The number of allylic oxidation sites excluding steroid dienone is 10. The highest BCUT2D eigenvalue weighted by molar-refractivity contribution is 5.53. The molecule has 0 aromatic carbocycles. The zero-order chi connectivity index (χ0) is 16.4. The molecular formula is C21H31N. The molecule has 0 radical (unpaired) electrons. The van der Waals surface area contributed by atoms with Gasteiger partial charge in [-0.05, 0) is 49.0 Å². The average molecular weight is 297 g/mol. The highest BCUT2D eigenvalue weighted by atomic mass is 14.5. The van der Waals surface area contributed by atoms with E-state index in [1.165, 1.54) is 43.3 Å². The third kappa shape index (κ3) is 5.55. The molecule has 1 unspecified atom stereocenters. The summed E-state index contributed by atoms with van der Waals surface area (Å²) in [7, 11) is 0. The minimum atomic E-state index is 0.565. The first kappa shape index (κ1) is 18.3. The fourth-order valence-corrected chi connectivity index (χ4v) is 2.90. The second kappa shape index (κ2) is 10.0. The molecule has 0 saturated heterocycles. The van der Waals surface area contributed by atoms with Crippen molar-refractivity contribution in [3.63, 3.8) is 0 Å². The van der Waals surface area contributed by atoms with E-state index in [0.29, 0.717) is 11.6 Å². The molecule has 2 rings (SSSR count). The zero-order valence-corrected chi connectivity index (χ0v) is 14.4. The summed E-state index contributed by atoms with van der Waals surface area (Å²) in [5.74, 6) is 0.565. The van der Waals surface area contributed by atoms with E-state index in [2.05, 4.69) is 37.0 Å². The van der Waals surface area contributed by atoms with Gasteiger partial charge in [-0.1, -0.05) is 69.7 Å². The van der Waals surface area contributed by atoms with E-state index in [1.54, 1.807) is 0 Å². The molecule has 1 nitrogen and oxygen atoms in total. The molecule has 0 saturated carbocycles. The first-order valence-corrected chi connectivity index (χ1v) is 8.60. The van der Waals surface area contributed by atoms with E-state index < -0.39 is 0 Å². The second-order valence-corrected chi connectivity index (χ2v) is 5.58. The summed E-state index contributed by atoms with van der Waals surface area (Å²) < 4.78 is 0. The topological polar surface area (TPSA) is 26.0 Å². The van der Waals surface area contributed by atoms with E-state index in [1.807, 2.05) is 32.9 Å². The van der Waals surface area contributed by atoms with Gasteiger partial charge in [0.15, 0.2) is 0 Å². The minimum Gasteiger partial charge on any atom is -0.399 e. The summed E-state index contributed by atoms with van der Waals surface area (Å²) in [6, 6.07) is 0. The lowest BCUT2D eigenvalue weighted by atomic mass is 9.83. The molecule has 0 aliphatic heterocycles. The third-order valence-electron chi connectivity index (χ3n) is 3.88. The van der Waals surface area contributed by atoms with Crippen molar-refractivity contribution < 1.29 is 0 Å². The Bertz CT molecular complexity index is 512. The molecule has 2 aliphatic rings. The number of hydrogen-bond donors (Lipinski definition) is 1. The molecule has 120 valence electrons. The highest BCUT2D eigenvalue weighted by Gasteiger charge is 2.16. The van der Waals surface area contributed by atoms with Crippen LogP contribution in [0.5, 0.6) is 0 Å². The Balaban J connectivity index is 0.00000116. The predicted molar refractivity (Wildman–Crippen MR) is 99.5 cm³/mol. The van der Waals surface area contributed by atoms with E-state index in [4.69, 9.17) is 5.73 Å². The fourth-order valence-electron chi connectivity index (χ4n) is 2.90. The molecule has 0 bridgehead atoms. The van der Waals surface area contributed by atoms with Crippen molar-refractivity contribution in [3.8, 4) is 0 Å². The summed E-state index contributed by atoms with van der Waals surface area (Å²) in [6.45, 7) is 9.81. The standard InChI is InChI=1S/C19H25N.C2H6/c1-3-8-17(13-15(2)20)19-12-11-16-9-6-4-5-7-10-18(16)14-19;1-2/h3,8-9,11-14,18H,2,4-7,10,20H2,1H3;1-2H3/b8-3-,16-9-,17-13+;. The van der Waals surface area contributed by atoms with E-state index in [9.17, 15) is 0 Å². The normalized spacial score (nSPS) is 24.1. The fraction of sp³-hybridized carbons (Fsp3) is 0.429. The lowest BCUT2D eigenvalue weighted by Gasteiger charge is -2.22. The van der Waals surface area contributed by atoms with Crippen LogP contribution in [0.1, 0.15) is 52.9 Å². The van der Waals surface area contributed by atoms with Crippen molar-refractivity contribution in [3.05, 3.63) is 71.5 Å². The number of nitrogens with two attached hydrogens (primary N) is 1. The van der Waals surface area contributed by atoms with Crippen molar-refractivity contribution in [1.29, 1.82) is 0 Å². The van der Waals surface area contributed by atoms with E-state index in [-0.39, 0.29) is 0 Å². The minimum absolute atomic E-state index is 0.565. The van der Waals surface area contributed by atoms with Crippen molar-refractivity contribution in [1.82, 2.24) is 0 Å². The van der Waals surface area contributed by atoms with Gasteiger partial charge in [-0.15, -0.1) is 0 Å². The first-order valence-electron chi connectivity index (χ1n) is 8.60. The van der Waals surface area contributed by atoms with Gasteiger partial charge in [0.1, 0.15) is 0 Å². The molecule has 2 aliphatic carbocycles. The molecule has 0 amide bonds. The van der Waals surface area contributed by atoms with Crippen molar-refractivity contribution in [2.24, 2.45) is 11.7 Å². The molecule has 0 aromatic heterocycles. The van der Waals surface area contributed by atoms with Crippen LogP contribution in [0.25, 0.3) is 0 Å². The molecule has 0 spiro atoms. The molecule has 2 N–H and O–H groups in total. The smallest absolute Gasteiger partial charge is 0.0247 e. The third-order valence-corrected chi connectivity index (χ3v) is 3.88. The van der Waals surface area contributed by atoms with Gasteiger partial charge in [0, 0.05) is 11.6 Å². The van der Waals surface area contributed by atoms with Crippen LogP contribution in [0, 0.1) is 5.92 Å². The van der Waals surface area contributed by atoms with Gasteiger partial charge in [0.2, 0.25) is 0 Å². The molecular weight excluding hydrogens is 266 g/mol. The van der Waals surface area contributed by atoms with Crippen LogP contribution in [-0.4, -0.2) is 0 Å². The molecule has 22 heavy (non-hydrogen) atoms. The van der Waals surface area contributed by atoms with Crippen LogP contribution in [0.4, 0.5) is 0 Å². The number of fused-ring (bicyclic) bond motifs is 1. The van der Waals surface area contributed by atoms with Gasteiger partial charge < -0.3 is 5.73 Å². The van der Waals surface area contributed by atoms with E-state index >= 15 is 0 Å². The molecule has 0 aromatic rings. The number of hydrogen-bond acceptors (Lipinski definition) is 1. The Morgan fingerprint density at radius 2 is 2.00 bits per heavy atom. The molecule has 0 fully saturated rings. The summed E-state index contributed by atoms with van der Waals surface area (Å²) in [6.07, 6.45) is 21.9. The lowest BCUT2D eigenvalue weighted by molar-refractivity contribution is 0.566. The van der Waals surface area contributed by atoms with Crippen molar-refractivity contribution >= 4 is 0 Å². The van der Waals surface area contributed by atoms with Gasteiger partial charge in [-0.2, -0.15) is 0 Å². The van der Waals surface area contributed by atoms with Crippen LogP contribution in [0.15, 0.2) is 71.5 Å². The van der Waals surface area contributed by atoms with E-state index in [0.717, 1.165) is 5.57 Å². The quantitative estimate of drug-likeness (QED) is 0.636. The van der Waals surface area contributed by atoms with Gasteiger partial charge >= 0.3 is 0 Å². The van der Waals surface area contributed by atoms with Gasteiger partial charge in [0.05, 0.1) is 0 Å². The predicted octanol–water partition coefficient (Wildman–Crippen LogP) is 5.99. The number of rotatable bonds is 3. The maximum absolute atomic E-state index is 5.74. The van der Waals surface area contributed by atoms with Crippen LogP contribution in [0.2, 0.25) is 0 Å². The lowest BCUT2D eigenvalue weighted by Crippen LogP contribution is -2.07.